The first kappa shape index (κ1) is 14.0. The molecule has 104 valence electrons. The van der Waals surface area contributed by atoms with E-state index in [1.807, 2.05) is 0 Å². The number of amides is 1. The first-order valence-corrected chi connectivity index (χ1v) is 6.15. The summed E-state index contributed by atoms with van der Waals surface area (Å²) >= 11 is 0. The molecule has 0 aliphatic rings. The van der Waals surface area contributed by atoms with Crippen LogP contribution in [0.15, 0.2) is 48.5 Å². The van der Waals surface area contributed by atoms with Crippen molar-refractivity contribution >= 4 is 11.6 Å². The minimum Gasteiger partial charge on any atom is -0.374 e. The lowest BCUT2D eigenvalue weighted by atomic mass is 10.2. The van der Waals surface area contributed by atoms with Crippen molar-refractivity contribution in [3.8, 4) is 0 Å². The van der Waals surface area contributed by atoms with E-state index in [2.05, 4.69) is 10.6 Å². The molecule has 0 atom stereocenters. The van der Waals surface area contributed by atoms with Gasteiger partial charge in [0.2, 0.25) is 5.91 Å². The summed E-state index contributed by atoms with van der Waals surface area (Å²) in [5.41, 5.74) is 0.667. The van der Waals surface area contributed by atoms with Crippen LogP contribution in [0.1, 0.15) is 5.56 Å². The average Bonchev–Trinajstić information content (AvgIpc) is 2.45. The van der Waals surface area contributed by atoms with Crippen molar-refractivity contribution in [2.24, 2.45) is 0 Å². The first-order chi connectivity index (χ1) is 9.66. The second-order valence-corrected chi connectivity index (χ2v) is 4.20. The van der Waals surface area contributed by atoms with E-state index < -0.39 is 5.82 Å². The van der Waals surface area contributed by atoms with Crippen LogP contribution in [0.2, 0.25) is 0 Å². The molecule has 0 fully saturated rings. The predicted octanol–water partition coefficient (Wildman–Crippen LogP) is 2.69. The second kappa shape index (κ2) is 6.65. The zero-order valence-corrected chi connectivity index (χ0v) is 10.7. The number of hydrogen-bond acceptors (Lipinski definition) is 2. The lowest BCUT2D eigenvalue weighted by molar-refractivity contribution is -0.119. The van der Waals surface area contributed by atoms with Crippen molar-refractivity contribution < 1.29 is 13.6 Å². The molecule has 3 nitrogen and oxygen atoms in total. The lowest BCUT2D eigenvalue weighted by Gasteiger charge is -2.09. The molecule has 0 unspecified atom stereocenters. The summed E-state index contributed by atoms with van der Waals surface area (Å²) < 4.78 is 26.6. The van der Waals surface area contributed by atoms with Crippen LogP contribution < -0.4 is 10.6 Å². The molecule has 0 radical (unpaired) electrons. The highest BCUT2D eigenvalue weighted by Gasteiger charge is 2.05. The van der Waals surface area contributed by atoms with Crippen LogP contribution in [0.3, 0.4) is 0 Å². The molecule has 0 spiro atoms. The SMILES string of the molecule is O=C(CNc1ccccc1F)NCc1ccccc1F. The van der Waals surface area contributed by atoms with Gasteiger partial charge in [0, 0.05) is 12.1 Å². The Labute approximate surface area is 115 Å². The van der Waals surface area contributed by atoms with Crippen molar-refractivity contribution in [3.63, 3.8) is 0 Å². The number of benzene rings is 2. The van der Waals surface area contributed by atoms with Gasteiger partial charge in [-0.3, -0.25) is 4.79 Å². The molecular weight excluding hydrogens is 262 g/mol. The molecule has 2 aromatic carbocycles. The van der Waals surface area contributed by atoms with Gasteiger partial charge < -0.3 is 10.6 Å². The summed E-state index contributed by atoms with van der Waals surface area (Å²) in [6.45, 7) is 0.0276. The van der Waals surface area contributed by atoms with Gasteiger partial charge in [0.25, 0.3) is 0 Å². The normalized spacial score (nSPS) is 10.1. The molecular formula is C15H14F2N2O. The molecule has 0 aliphatic heterocycles. The van der Waals surface area contributed by atoms with Crippen molar-refractivity contribution in [1.29, 1.82) is 0 Å². The third-order valence-corrected chi connectivity index (χ3v) is 2.75. The quantitative estimate of drug-likeness (QED) is 0.881. The fourth-order valence-electron chi connectivity index (χ4n) is 1.68. The van der Waals surface area contributed by atoms with Gasteiger partial charge in [-0.2, -0.15) is 0 Å². The maximum absolute atomic E-state index is 13.3. The monoisotopic (exact) mass is 276 g/mol. The number of carbonyl (C=O) groups excluding carboxylic acids is 1. The number of anilines is 1. The molecule has 0 aromatic heterocycles. The molecule has 5 heteroatoms. The minimum absolute atomic E-state index is 0.0740. The molecule has 0 saturated heterocycles. The Morgan fingerprint density at radius 1 is 0.950 bits per heavy atom. The molecule has 2 aromatic rings. The molecule has 2 N–H and O–H groups in total. The molecule has 0 aliphatic carbocycles. The summed E-state index contributed by atoms with van der Waals surface area (Å²) in [4.78, 5) is 11.6. The molecule has 0 bridgehead atoms. The standard InChI is InChI=1S/C15H14F2N2O/c16-12-6-2-1-5-11(12)9-19-15(20)10-18-14-8-4-3-7-13(14)17/h1-8,18H,9-10H2,(H,19,20). The lowest BCUT2D eigenvalue weighted by Crippen LogP contribution is -2.29. The van der Waals surface area contributed by atoms with E-state index in [4.69, 9.17) is 0 Å². The van der Waals surface area contributed by atoms with Gasteiger partial charge in [-0.15, -0.1) is 0 Å². The van der Waals surface area contributed by atoms with Crippen molar-refractivity contribution in [3.05, 3.63) is 65.7 Å². The van der Waals surface area contributed by atoms with E-state index in [0.717, 1.165) is 0 Å². The van der Waals surface area contributed by atoms with Crippen LogP contribution in [0.25, 0.3) is 0 Å². The largest absolute Gasteiger partial charge is 0.374 e. The Morgan fingerprint density at radius 3 is 2.30 bits per heavy atom. The van der Waals surface area contributed by atoms with E-state index in [1.165, 1.54) is 12.1 Å². The van der Waals surface area contributed by atoms with Crippen LogP contribution in [-0.4, -0.2) is 12.5 Å². The molecule has 0 saturated carbocycles. The Kier molecular flexibility index (Phi) is 4.65. The zero-order chi connectivity index (χ0) is 14.4. The molecule has 2 rings (SSSR count). The Hall–Kier alpha value is -2.43. The van der Waals surface area contributed by atoms with Crippen LogP contribution in [0, 0.1) is 11.6 Å². The van der Waals surface area contributed by atoms with Crippen LogP contribution in [0.4, 0.5) is 14.5 Å². The maximum atomic E-state index is 13.3. The number of para-hydroxylation sites is 1. The summed E-state index contributed by atoms with van der Waals surface area (Å²) in [6.07, 6.45) is 0. The number of carbonyl (C=O) groups is 1. The van der Waals surface area contributed by atoms with E-state index in [9.17, 15) is 13.6 Å². The van der Waals surface area contributed by atoms with Crippen molar-refractivity contribution in [1.82, 2.24) is 5.32 Å². The Balaban J connectivity index is 1.82. The van der Waals surface area contributed by atoms with Crippen LogP contribution in [-0.2, 0) is 11.3 Å². The van der Waals surface area contributed by atoms with Crippen molar-refractivity contribution in [2.75, 3.05) is 11.9 Å². The third-order valence-electron chi connectivity index (χ3n) is 2.75. The van der Waals surface area contributed by atoms with Crippen LogP contribution >= 0.6 is 0 Å². The fraction of sp³-hybridized carbons (Fsp3) is 0.133. The summed E-state index contributed by atoms with van der Waals surface area (Å²) in [7, 11) is 0. The highest BCUT2D eigenvalue weighted by Crippen LogP contribution is 2.11. The highest BCUT2D eigenvalue weighted by atomic mass is 19.1. The Bertz CT molecular complexity index is 550. The summed E-state index contributed by atoms with van der Waals surface area (Å²) in [5, 5.41) is 5.25. The Morgan fingerprint density at radius 2 is 1.60 bits per heavy atom. The summed E-state index contributed by atoms with van der Waals surface area (Å²) in [6, 6.07) is 12.3. The number of halogens is 2. The van der Waals surface area contributed by atoms with Crippen LogP contribution in [0.5, 0.6) is 0 Å². The van der Waals surface area contributed by atoms with Gasteiger partial charge in [0.1, 0.15) is 11.6 Å². The first-order valence-electron chi connectivity index (χ1n) is 6.15. The second-order valence-electron chi connectivity index (χ2n) is 4.20. The van der Waals surface area contributed by atoms with E-state index in [-0.39, 0.29) is 30.5 Å². The van der Waals surface area contributed by atoms with Gasteiger partial charge in [-0.1, -0.05) is 30.3 Å². The van der Waals surface area contributed by atoms with E-state index in [0.29, 0.717) is 5.56 Å². The van der Waals surface area contributed by atoms with Gasteiger partial charge in [-0.05, 0) is 18.2 Å². The van der Waals surface area contributed by atoms with E-state index >= 15 is 0 Å². The summed E-state index contributed by atoms with van der Waals surface area (Å²) in [5.74, 6) is -1.12. The number of hydrogen-bond donors (Lipinski definition) is 2. The fourth-order valence-corrected chi connectivity index (χ4v) is 1.68. The third kappa shape index (κ3) is 3.78. The molecule has 20 heavy (non-hydrogen) atoms. The minimum atomic E-state index is -0.422. The molecule has 0 heterocycles. The topological polar surface area (TPSA) is 41.1 Å². The van der Waals surface area contributed by atoms with E-state index in [1.54, 1.807) is 36.4 Å². The average molecular weight is 276 g/mol. The predicted molar refractivity (Wildman–Crippen MR) is 73.1 cm³/mol. The van der Waals surface area contributed by atoms with Gasteiger partial charge in [0.15, 0.2) is 0 Å². The number of nitrogens with one attached hydrogen (secondary N) is 2. The van der Waals surface area contributed by atoms with Gasteiger partial charge >= 0.3 is 0 Å². The molecule has 1 amide bonds. The number of rotatable bonds is 5. The smallest absolute Gasteiger partial charge is 0.239 e. The highest BCUT2D eigenvalue weighted by molar-refractivity contribution is 5.80. The zero-order valence-electron chi connectivity index (χ0n) is 10.7. The maximum Gasteiger partial charge on any atom is 0.239 e. The van der Waals surface area contributed by atoms with Gasteiger partial charge in [0.05, 0.1) is 12.2 Å². The van der Waals surface area contributed by atoms with Gasteiger partial charge in [-0.25, -0.2) is 8.78 Å². The van der Waals surface area contributed by atoms with Crippen molar-refractivity contribution in [2.45, 2.75) is 6.54 Å².